The lowest BCUT2D eigenvalue weighted by Gasteiger charge is -2.26. The maximum absolute atomic E-state index is 13.3. The fraction of sp³-hybridized carbons (Fsp3) is 0.318. The lowest BCUT2D eigenvalue weighted by molar-refractivity contribution is 0.0300. The molecule has 1 saturated heterocycles. The van der Waals surface area contributed by atoms with Crippen LogP contribution in [0.5, 0.6) is 0 Å². The molecule has 0 aliphatic carbocycles. The number of nitrogens with zero attached hydrogens (tertiary/aromatic N) is 6. The minimum atomic E-state index is -1.43. The Bertz CT molecular complexity index is 1340. The molecule has 11 nitrogen and oxygen atoms in total. The molecule has 170 valence electrons. The monoisotopic (exact) mass is 449 g/mol. The third-order valence-corrected chi connectivity index (χ3v) is 5.75. The second-order valence-electron chi connectivity index (χ2n) is 8.06. The third kappa shape index (κ3) is 3.70. The molecule has 1 fully saturated rings. The van der Waals surface area contributed by atoms with Gasteiger partial charge in [-0.3, -0.25) is 4.79 Å². The first kappa shape index (κ1) is 21.0. The van der Waals surface area contributed by atoms with Gasteiger partial charge in [0.25, 0.3) is 5.91 Å². The van der Waals surface area contributed by atoms with Gasteiger partial charge in [-0.2, -0.15) is 10.1 Å². The Kier molecular flexibility index (Phi) is 5.06. The molecule has 3 aromatic heterocycles. The number of hydrogen-bond acceptors (Lipinski definition) is 9. The smallest absolute Gasteiger partial charge is 0.275 e. The SMILES string of the molecule is Cc1cc([C@](C)(O)c2ccc3c(C(=O)N4CCOCC4)nn(-c4ccnc(N)n4)c3c2)no1. The van der Waals surface area contributed by atoms with Crippen molar-refractivity contribution in [1.82, 2.24) is 29.8 Å². The van der Waals surface area contributed by atoms with Crippen molar-refractivity contribution in [2.75, 3.05) is 32.0 Å². The predicted octanol–water partition coefficient (Wildman–Crippen LogP) is 1.42. The lowest BCUT2D eigenvalue weighted by atomic mass is 9.91. The Morgan fingerprint density at radius 2 is 2.00 bits per heavy atom. The van der Waals surface area contributed by atoms with Crippen molar-refractivity contribution in [3.05, 3.63) is 59.2 Å². The molecule has 1 aliphatic heterocycles. The summed E-state index contributed by atoms with van der Waals surface area (Å²) in [6.45, 7) is 5.34. The molecule has 3 N–H and O–H groups in total. The highest BCUT2D eigenvalue weighted by Crippen LogP contribution is 2.33. The van der Waals surface area contributed by atoms with Gasteiger partial charge in [-0.1, -0.05) is 11.2 Å². The van der Waals surface area contributed by atoms with Gasteiger partial charge in [-0.15, -0.1) is 0 Å². The summed E-state index contributed by atoms with van der Waals surface area (Å²) in [5, 5.41) is 20.5. The average molecular weight is 449 g/mol. The maximum atomic E-state index is 13.3. The molecular weight excluding hydrogens is 426 g/mol. The number of carbonyl (C=O) groups excluding carboxylic acids is 1. The van der Waals surface area contributed by atoms with Gasteiger partial charge in [-0.25, -0.2) is 9.67 Å². The van der Waals surface area contributed by atoms with Gasteiger partial charge in [0.05, 0.1) is 18.7 Å². The second-order valence-corrected chi connectivity index (χ2v) is 8.06. The van der Waals surface area contributed by atoms with Crippen LogP contribution in [0.4, 0.5) is 5.95 Å². The van der Waals surface area contributed by atoms with Crippen LogP contribution in [0.1, 0.15) is 34.4 Å². The van der Waals surface area contributed by atoms with E-state index in [0.29, 0.717) is 60.0 Å². The number of nitrogens with two attached hydrogens (primary N) is 1. The van der Waals surface area contributed by atoms with E-state index in [9.17, 15) is 9.90 Å². The van der Waals surface area contributed by atoms with Crippen LogP contribution in [0.15, 0.2) is 41.1 Å². The molecule has 0 radical (unpaired) electrons. The lowest BCUT2D eigenvalue weighted by Crippen LogP contribution is -2.41. The van der Waals surface area contributed by atoms with Crippen molar-refractivity contribution in [2.24, 2.45) is 0 Å². The standard InChI is InChI=1S/C22H23N7O4/c1-13-11-17(27-33-13)22(2,31)14-3-4-15-16(12-14)29(18-5-6-24-21(23)25-18)26-19(15)20(30)28-7-9-32-10-8-28/h3-6,11-12,31H,7-10H2,1-2H3,(H2,23,24,25)/t22-/m1/s1. The van der Waals surface area contributed by atoms with Crippen molar-refractivity contribution in [2.45, 2.75) is 19.4 Å². The number of carbonyl (C=O) groups is 1. The fourth-order valence-corrected chi connectivity index (χ4v) is 3.89. The van der Waals surface area contributed by atoms with Crippen LogP contribution in [-0.2, 0) is 10.3 Å². The number of anilines is 1. The number of fused-ring (bicyclic) bond motifs is 1. The normalized spacial score (nSPS) is 16.2. The molecule has 1 aliphatic rings. The fourth-order valence-electron chi connectivity index (χ4n) is 3.89. The quantitative estimate of drug-likeness (QED) is 0.472. The number of morpholine rings is 1. The number of amides is 1. The second kappa shape index (κ2) is 7.94. The Hall–Kier alpha value is -3.83. The van der Waals surface area contributed by atoms with E-state index < -0.39 is 5.60 Å². The minimum absolute atomic E-state index is 0.0819. The number of nitrogen functional groups attached to an aromatic ring is 1. The average Bonchev–Trinajstić information content (AvgIpc) is 3.43. The molecular formula is C22H23N7O4. The van der Waals surface area contributed by atoms with Crippen molar-refractivity contribution < 1.29 is 19.2 Å². The Morgan fingerprint density at radius 1 is 1.21 bits per heavy atom. The molecule has 0 spiro atoms. The van der Waals surface area contributed by atoms with E-state index in [1.54, 1.807) is 49.1 Å². The number of benzene rings is 1. The first-order valence-corrected chi connectivity index (χ1v) is 10.5. The van der Waals surface area contributed by atoms with Gasteiger partial charge in [0.1, 0.15) is 17.1 Å². The van der Waals surface area contributed by atoms with Crippen molar-refractivity contribution in [3.8, 4) is 5.82 Å². The van der Waals surface area contributed by atoms with Gasteiger partial charge >= 0.3 is 0 Å². The van der Waals surface area contributed by atoms with Gasteiger partial charge in [-0.05, 0) is 31.5 Å². The van der Waals surface area contributed by atoms with Gasteiger partial charge < -0.3 is 25.0 Å². The number of aliphatic hydroxyl groups is 1. The molecule has 33 heavy (non-hydrogen) atoms. The number of rotatable bonds is 4. The molecule has 1 aromatic carbocycles. The summed E-state index contributed by atoms with van der Waals surface area (Å²) in [5.74, 6) is 0.878. The Labute approximate surface area is 188 Å². The van der Waals surface area contributed by atoms with Gasteiger partial charge in [0.15, 0.2) is 11.5 Å². The van der Waals surface area contributed by atoms with Crippen molar-refractivity contribution in [1.29, 1.82) is 0 Å². The number of aromatic nitrogens is 5. The zero-order valence-electron chi connectivity index (χ0n) is 18.2. The molecule has 1 atom stereocenters. The highest BCUT2D eigenvalue weighted by molar-refractivity contribution is 6.05. The topological polar surface area (TPSA) is 145 Å². The first-order valence-electron chi connectivity index (χ1n) is 10.5. The Balaban J connectivity index is 1.67. The van der Waals surface area contributed by atoms with Crippen molar-refractivity contribution >= 4 is 22.8 Å². The summed E-state index contributed by atoms with van der Waals surface area (Å²) in [4.78, 5) is 23.2. The highest BCUT2D eigenvalue weighted by atomic mass is 16.5. The van der Waals surface area contributed by atoms with E-state index in [1.807, 2.05) is 0 Å². The zero-order valence-corrected chi connectivity index (χ0v) is 18.2. The van der Waals surface area contributed by atoms with Gasteiger partial charge in [0, 0.05) is 36.8 Å². The van der Waals surface area contributed by atoms with Crippen LogP contribution < -0.4 is 5.73 Å². The number of ether oxygens (including phenoxy) is 1. The molecule has 5 rings (SSSR count). The van der Waals surface area contributed by atoms with Crippen molar-refractivity contribution in [3.63, 3.8) is 0 Å². The summed E-state index contributed by atoms with van der Waals surface area (Å²) in [6.07, 6.45) is 1.52. The summed E-state index contributed by atoms with van der Waals surface area (Å²) < 4.78 is 12.1. The van der Waals surface area contributed by atoms with Crippen LogP contribution in [-0.4, -0.2) is 67.1 Å². The summed E-state index contributed by atoms with van der Waals surface area (Å²) in [5.41, 5.74) is 6.16. The maximum Gasteiger partial charge on any atom is 0.275 e. The van der Waals surface area contributed by atoms with Crippen LogP contribution >= 0.6 is 0 Å². The molecule has 0 unspecified atom stereocenters. The van der Waals surface area contributed by atoms with E-state index in [4.69, 9.17) is 15.0 Å². The van der Waals surface area contributed by atoms with E-state index in [-0.39, 0.29) is 17.5 Å². The van der Waals surface area contributed by atoms with Crippen LogP contribution in [0.3, 0.4) is 0 Å². The molecule has 4 heterocycles. The molecule has 1 amide bonds. The molecule has 11 heteroatoms. The largest absolute Gasteiger partial charge is 0.379 e. The van der Waals surface area contributed by atoms with E-state index in [0.717, 1.165) is 0 Å². The minimum Gasteiger partial charge on any atom is -0.379 e. The zero-order chi connectivity index (χ0) is 23.2. The van der Waals surface area contributed by atoms with Gasteiger partial charge in [0.2, 0.25) is 5.95 Å². The van der Waals surface area contributed by atoms with Crippen LogP contribution in [0, 0.1) is 6.92 Å². The summed E-state index contributed by atoms with van der Waals surface area (Å²) >= 11 is 0. The summed E-state index contributed by atoms with van der Waals surface area (Å²) in [6, 6.07) is 8.62. The summed E-state index contributed by atoms with van der Waals surface area (Å²) in [7, 11) is 0. The molecule has 0 saturated carbocycles. The number of aryl methyl sites for hydroxylation is 1. The third-order valence-electron chi connectivity index (χ3n) is 5.75. The van der Waals surface area contributed by atoms with Crippen LogP contribution in [0.2, 0.25) is 0 Å². The van der Waals surface area contributed by atoms with E-state index in [1.165, 1.54) is 10.9 Å². The molecule has 4 aromatic rings. The first-order chi connectivity index (χ1) is 15.8. The van der Waals surface area contributed by atoms with E-state index in [2.05, 4.69) is 20.2 Å². The number of hydrogen-bond donors (Lipinski definition) is 2. The Morgan fingerprint density at radius 3 is 2.70 bits per heavy atom. The van der Waals surface area contributed by atoms with Crippen LogP contribution in [0.25, 0.3) is 16.7 Å². The molecule has 0 bridgehead atoms. The highest BCUT2D eigenvalue weighted by Gasteiger charge is 2.31. The van der Waals surface area contributed by atoms with E-state index >= 15 is 0 Å². The predicted molar refractivity (Wildman–Crippen MR) is 118 cm³/mol.